The molecule has 0 saturated carbocycles. The van der Waals surface area contributed by atoms with E-state index >= 15 is 0 Å². The van der Waals surface area contributed by atoms with E-state index in [2.05, 4.69) is 11.4 Å². The summed E-state index contributed by atoms with van der Waals surface area (Å²) in [4.78, 5) is 11.8. The predicted octanol–water partition coefficient (Wildman–Crippen LogP) is 2.90. The molecule has 2 rings (SSSR count). The van der Waals surface area contributed by atoms with Crippen LogP contribution in [0.25, 0.3) is 0 Å². The first-order valence-corrected chi connectivity index (χ1v) is 7.75. The van der Waals surface area contributed by atoms with Crippen LogP contribution in [-0.4, -0.2) is 23.7 Å². The Kier molecular flexibility index (Phi) is 6.19. The third kappa shape index (κ3) is 4.98. The Labute approximate surface area is 145 Å². The lowest BCUT2D eigenvalue weighted by atomic mass is 10.1. The highest BCUT2D eigenvalue weighted by Gasteiger charge is 2.08. The van der Waals surface area contributed by atoms with E-state index in [-0.39, 0.29) is 19.1 Å². The number of hydrogen-bond donors (Lipinski definition) is 2. The Morgan fingerprint density at radius 1 is 1.33 bits per heavy atom. The Hall–Kier alpha value is -2.55. The highest BCUT2D eigenvalue weighted by Crippen LogP contribution is 2.19. The zero-order valence-corrected chi connectivity index (χ0v) is 13.9. The van der Waals surface area contributed by atoms with Crippen LogP contribution in [0.1, 0.15) is 28.4 Å². The van der Waals surface area contributed by atoms with Gasteiger partial charge in [0.15, 0.2) is 0 Å². The molecule has 2 aromatic carbocycles. The minimum Gasteiger partial charge on any atom is -0.489 e. The number of hydrogen-bond acceptors (Lipinski definition) is 4. The quantitative estimate of drug-likeness (QED) is 0.844. The normalized spacial score (nSPS) is 11.4. The van der Waals surface area contributed by atoms with Gasteiger partial charge in [-0.15, -0.1) is 0 Å². The van der Waals surface area contributed by atoms with Crippen LogP contribution in [0.2, 0.25) is 5.02 Å². The van der Waals surface area contributed by atoms with Gasteiger partial charge in [-0.1, -0.05) is 17.7 Å². The zero-order valence-electron chi connectivity index (χ0n) is 13.1. The zero-order chi connectivity index (χ0) is 17.5. The van der Waals surface area contributed by atoms with Crippen LogP contribution in [0.3, 0.4) is 0 Å². The van der Waals surface area contributed by atoms with Gasteiger partial charge in [0.2, 0.25) is 0 Å². The van der Waals surface area contributed by atoms with Gasteiger partial charge in [0.05, 0.1) is 17.7 Å². The molecule has 2 N–H and O–H groups in total. The van der Waals surface area contributed by atoms with Gasteiger partial charge in [0.25, 0.3) is 5.91 Å². The van der Waals surface area contributed by atoms with Crippen molar-refractivity contribution in [2.24, 2.45) is 0 Å². The lowest BCUT2D eigenvalue weighted by molar-refractivity contribution is 0.0924. The lowest BCUT2D eigenvalue weighted by Crippen LogP contribution is -2.30. The summed E-state index contributed by atoms with van der Waals surface area (Å²) in [5, 5.41) is 21.4. The summed E-state index contributed by atoms with van der Waals surface area (Å²) in [7, 11) is 0. The molecule has 5 nitrogen and oxygen atoms in total. The SMILES string of the molecule is C[C@H](O)CNC(=O)c1ccc(OCc2ccc(Cl)cc2C#N)cc1. The fourth-order valence-corrected chi connectivity index (χ4v) is 2.16. The second-order valence-corrected chi connectivity index (χ2v) is 5.72. The molecule has 0 saturated heterocycles. The number of ether oxygens (including phenoxy) is 1. The molecule has 0 aliphatic carbocycles. The van der Waals surface area contributed by atoms with E-state index in [1.807, 2.05) is 0 Å². The number of nitriles is 1. The summed E-state index contributed by atoms with van der Waals surface area (Å²) in [6, 6.07) is 13.8. The molecule has 0 radical (unpaired) electrons. The Morgan fingerprint density at radius 3 is 2.67 bits per heavy atom. The molecule has 124 valence electrons. The summed E-state index contributed by atoms with van der Waals surface area (Å²) in [6.07, 6.45) is -0.592. The van der Waals surface area contributed by atoms with Gasteiger partial charge in [-0.25, -0.2) is 0 Å². The molecule has 0 spiro atoms. The van der Waals surface area contributed by atoms with Crippen molar-refractivity contribution in [3.05, 3.63) is 64.2 Å². The van der Waals surface area contributed by atoms with Crippen LogP contribution in [0, 0.1) is 11.3 Å². The number of nitrogens with zero attached hydrogens (tertiary/aromatic N) is 1. The van der Waals surface area contributed by atoms with E-state index in [0.717, 1.165) is 5.56 Å². The predicted molar refractivity (Wildman–Crippen MR) is 91.0 cm³/mol. The topological polar surface area (TPSA) is 82.3 Å². The average molecular weight is 345 g/mol. The summed E-state index contributed by atoms with van der Waals surface area (Å²) in [5.41, 5.74) is 1.68. The smallest absolute Gasteiger partial charge is 0.251 e. The average Bonchev–Trinajstić information content (AvgIpc) is 2.58. The molecule has 0 unspecified atom stereocenters. The molecule has 1 atom stereocenters. The van der Waals surface area contributed by atoms with Crippen molar-refractivity contribution in [3.8, 4) is 11.8 Å². The van der Waals surface area contributed by atoms with Crippen molar-refractivity contribution >= 4 is 17.5 Å². The number of carbonyl (C=O) groups is 1. The molecular weight excluding hydrogens is 328 g/mol. The molecule has 2 aromatic rings. The monoisotopic (exact) mass is 344 g/mol. The van der Waals surface area contributed by atoms with Crippen molar-refractivity contribution in [2.45, 2.75) is 19.6 Å². The van der Waals surface area contributed by atoms with Crippen LogP contribution < -0.4 is 10.1 Å². The summed E-state index contributed by atoms with van der Waals surface area (Å²) in [5.74, 6) is 0.327. The maximum Gasteiger partial charge on any atom is 0.251 e. The highest BCUT2D eigenvalue weighted by atomic mass is 35.5. The number of aliphatic hydroxyl groups is 1. The minimum absolute atomic E-state index is 0.199. The number of amides is 1. The number of aliphatic hydroxyl groups excluding tert-OH is 1. The maximum absolute atomic E-state index is 11.8. The number of halogens is 1. The van der Waals surface area contributed by atoms with Crippen LogP contribution >= 0.6 is 11.6 Å². The fourth-order valence-electron chi connectivity index (χ4n) is 1.98. The van der Waals surface area contributed by atoms with Crippen LogP contribution in [-0.2, 0) is 6.61 Å². The van der Waals surface area contributed by atoms with E-state index < -0.39 is 6.10 Å². The van der Waals surface area contributed by atoms with Crippen molar-refractivity contribution in [3.63, 3.8) is 0 Å². The second-order valence-electron chi connectivity index (χ2n) is 5.29. The van der Waals surface area contributed by atoms with Crippen molar-refractivity contribution in [1.29, 1.82) is 5.26 Å². The van der Waals surface area contributed by atoms with Gasteiger partial charge < -0.3 is 15.2 Å². The maximum atomic E-state index is 11.8. The third-order valence-electron chi connectivity index (χ3n) is 3.26. The number of nitrogens with one attached hydrogen (secondary N) is 1. The fraction of sp³-hybridized carbons (Fsp3) is 0.222. The van der Waals surface area contributed by atoms with Gasteiger partial charge in [-0.3, -0.25) is 4.79 Å². The first-order chi connectivity index (χ1) is 11.5. The molecule has 0 aliphatic heterocycles. The largest absolute Gasteiger partial charge is 0.489 e. The van der Waals surface area contributed by atoms with E-state index in [9.17, 15) is 4.79 Å². The highest BCUT2D eigenvalue weighted by molar-refractivity contribution is 6.30. The van der Waals surface area contributed by atoms with Crippen molar-refractivity contribution in [1.82, 2.24) is 5.32 Å². The molecular formula is C18H17ClN2O3. The van der Waals surface area contributed by atoms with Gasteiger partial charge in [-0.2, -0.15) is 5.26 Å². The first kappa shape index (κ1) is 17.8. The number of carbonyl (C=O) groups excluding carboxylic acids is 1. The minimum atomic E-state index is -0.592. The molecule has 0 bridgehead atoms. The standard InChI is InChI=1S/C18H17ClN2O3/c1-12(22)10-21-18(23)13-3-6-17(7-4-13)24-11-14-2-5-16(19)8-15(14)9-20/h2-8,12,22H,10-11H2,1H3,(H,21,23)/t12-/m0/s1. The van der Waals surface area contributed by atoms with Crippen LogP contribution in [0.15, 0.2) is 42.5 Å². The van der Waals surface area contributed by atoms with Gasteiger partial charge in [0.1, 0.15) is 12.4 Å². The second kappa shape index (κ2) is 8.34. The number of rotatable bonds is 6. The lowest BCUT2D eigenvalue weighted by Gasteiger charge is -2.10. The van der Waals surface area contributed by atoms with E-state index in [0.29, 0.717) is 21.9 Å². The van der Waals surface area contributed by atoms with E-state index in [1.54, 1.807) is 49.4 Å². The molecule has 0 aromatic heterocycles. The van der Waals surface area contributed by atoms with E-state index in [4.69, 9.17) is 26.7 Å². The Morgan fingerprint density at radius 2 is 2.04 bits per heavy atom. The Balaban J connectivity index is 1.97. The molecule has 24 heavy (non-hydrogen) atoms. The first-order valence-electron chi connectivity index (χ1n) is 7.37. The summed E-state index contributed by atoms with van der Waals surface area (Å²) < 4.78 is 5.64. The van der Waals surface area contributed by atoms with Crippen LogP contribution in [0.4, 0.5) is 0 Å². The summed E-state index contributed by atoms with van der Waals surface area (Å²) >= 11 is 5.86. The van der Waals surface area contributed by atoms with Crippen molar-refractivity contribution in [2.75, 3.05) is 6.54 Å². The molecule has 1 amide bonds. The molecule has 0 heterocycles. The van der Waals surface area contributed by atoms with Gasteiger partial charge in [0, 0.05) is 22.7 Å². The number of benzene rings is 2. The Bertz CT molecular complexity index is 752. The third-order valence-corrected chi connectivity index (χ3v) is 3.50. The molecule has 6 heteroatoms. The van der Waals surface area contributed by atoms with Crippen molar-refractivity contribution < 1.29 is 14.6 Å². The van der Waals surface area contributed by atoms with Gasteiger partial charge in [-0.05, 0) is 43.3 Å². The van der Waals surface area contributed by atoms with E-state index in [1.165, 1.54) is 0 Å². The van der Waals surface area contributed by atoms with Gasteiger partial charge >= 0.3 is 0 Å². The molecule has 0 fully saturated rings. The molecule has 0 aliphatic rings. The summed E-state index contributed by atoms with van der Waals surface area (Å²) in [6.45, 7) is 2.03. The van der Waals surface area contributed by atoms with Crippen LogP contribution in [0.5, 0.6) is 5.75 Å².